The molecule has 13 heavy (non-hydrogen) atoms. The summed E-state index contributed by atoms with van der Waals surface area (Å²) in [4.78, 5) is 0. The van der Waals surface area contributed by atoms with Gasteiger partial charge in [-0.2, -0.15) is 0 Å². The Balaban J connectivity index is 2.09. The molecule has 1 heteroatoms. The molecule has 0 saturated heterocycles. The van der Waals surface area contributed by atoms with Crippen LogP contribution >= 0.6 is 0 Å². The van der Waals surface area contributed by atoms with Gasteiger partial charge in [-0.3, -0.25) is 0 Å². The van der Waals surface area contributed by atoms with E-state index in [9.17, 15) is 0 Å². The predicted octanol–water partition coefficient (Wildman–Crippen LogP) is 2.88. The molecule has 0 aromatic heterocycles. The van der Waals surface area contributed by atoms with Crippen molar-refractivity contribution in [1.29, 1.82) is 0 Å². The largest absolute Gasteiger partial charge is 0.489 e. The van der Waals surface area contributed by atoms with Crippen molar-refractivity contribution in [2.24, 2.45) is 0 Å². The van der Waals surface area contributed by atoms with Gasteiger partial charge in [-0.25, -0.2) is 0 Å². The van der Waals surface area contributed by atoms with Gasteiger partial charge in [0.15, 0.2) is 0 Å². The van der Waals surface area contributed by atoms with Gasteiger partial charge in [-0.1, -0.05) is 30.4 Å². The number of ether oxygens (including phenoxy) is 1. The summed E-state index contributed by atoms with van der Waals surface area (Å²) in [6, 6.07) is 8.38. The number of benzene rings is 1. The lowest BCUT2D eigenvalue weighted by molar-refractivity contribution is 0.204. The summed E-state index contributed by atoms with van der Waals surface area (Å²) in [6.07, 6.45) is 7.29. The van der Waals surface area contributed by atoms with Crippen LogP contribution in [0.2, 0.25) is 0 Å². The van der Waals surface area contributed by atoms with Gasteiger partial charge >= 0.3 is 0 Å². The summed E-state index contributed by atoms with van der Waals surface area (Å²) < 4.78 is 5.86. The van der Waals surface area contributed by atoms with Crippen LogP contribution in [0.1, 0.15) is 24.3 Å². The molecule has 0 unspecified atom stereocenters. The number of hydrogen-bond acceptors (Lipinski definition) is 1. The molecule has 0 spiro atoms. The Hall–Kier alpha value is -1.24. The Kier molecular flexibility index (Phi) is 1.45. The monoisotopic (exact) mass is 172 g/mol. The predicted molar refractivity (Wildman–Crippen MR) is 52.0 cm³/mol. The molecule has 0 fully saturated rings. The summed E-state index contributed by atoms with van der Waals surface area (Å²) in [5, 5.41) is 0. The highest BCUT2D eigenvalue weighted by Crippen LogP contribution is 2.42. The molecule has 2 aliphatic rings. The van der Waals surface area contributed by atoms with Gasteiger partial charge in [0.2, 0.25) is 0 Å². The Morgan fingerprint density at radius 2 is 2.15 bits per heavy atom. The fourth-order valence-electron chi connectivity index (χ4n) is 2.27. The highest BCUT2D eigenvalue weighted by atomic mass is 16.5. The van der Waals surface area contributed by atoms with Gasteiger partial charge in [0, 0.05) is 11.5 Å². The zero-order valence-corrected chi connectivity index (χ0v) is 7.44. The van der Waals surface area contributed by atoms with Gasteiger partial charge in [0.1, 0.15) is 11.9 Å². The Bertz CT molecular complexity index is 354. The van der Waals surface area contributed by atoms with Gasteiger partial charge < -0.3 is 4.74 Å². The lowest BCUT2D eigenvalue weighted by atomic mass is 9.89. The van der Waals surface area contributed by atoms with Gasteiger partial charge in [0.25, 0.3) is 0 Å². The maximum absolute atomic E-state index is 5.86. The van der Waals surface area contributed by atoms with E-state index in [-0.39, 0.29) is 0 Å². The smallest absolute Gasteiger partial charge is 0.123 e. The molecule has 3 rings (SSSR count). The van der Waals surface area contributed by atoms with E-state index in [0.29, 0.717) is 12.0 Å². The molecule has 0 N–H and O–H groups in total. The van der Waals surface area contributed by atoms with Crippen LogP contribution in [0, 0.1) is 0 Å². The minimum atomic E-state index is 0.405. The van der Waals surface area contributed by atoms with Crippen LogP contribution in [0.5, 0.6) is 5.75 Å². The molecule has 1 aliphatic heterocycles. The third-order valence-electron chi connectivity index (χ3n) is 2.92. The number of rotatable bonds is 0. The normalized spacial score (nSPS) is 29.2. The molecule has 0 bridgehead atoms. The van der Waals surface area contributed by atoms with Crippen molar-refractivity contribution in [1.82, 2.24) is 0 Å². The van der Waals surface area contributed by atoms with Crippen LogP contribution in [-0.4, -0.2) is 6.10 Å². The van der Waals surface area contributed by atoms with Gasteiger partial charge in [-0.15, -0.1) is 0 Å². The van der Waals surface area contributed by atoms with Crippen molar-refractivity contribution in [3.63, 3.8) is 0 Å². The molecule has 1 heterocycles. The van der Waals surface area contributed by atoms with E-state index in [1.54, 1.807) is 0 Å². The van der Waals surface area contributed by atoms with E-state index in [1.165, 1.54) is 5.56 Å². The first-order valence-electron chi connectivity index (χ1n) is 4.87. The van der Waals surface area contributed by atoms with Gasteiger partial charge in [0.05, 0.1) is 0 Å². The van der Waals surface area contributed by atoms with E-state index in [4.69, 9.17) is 4.74 Å². The van der Waals surface area contributed by atoms with E-state index >= 15 is 0 Å². The van der Waals surface area contributed by atoms with Crippen molar-refractivity contribution >= 4 is 0 Å². The molecule has 1 aliphatic carbocycles. The number of allylic oxidation sites excluding steroid dienone is 1. The molecule has 1 aromatic carbocycles. The maximum atomic E-state index is 5.86. The SMILES string of the molecule is C1=C[C@H]2c3ccccc3O[C@@H]2CC1. The molecule has 66 valence electrons. The third kappa shape index (κ3) is 0.998. The minimum Gasteiger partial charge on any atom is -0.489 e. The van der Waals surface area contributed by atoms with E-state index in [0.717, 1.165) is 18.6 Å². The summed E-state index contributed by atoms with van der Waals surface area (Å²) >= 11 is 0. The Morgan fingerprint density at radius 1 is 1.23 bits per heavy atom. The molecular formula is C12H12O. The highest BCUT2D eigenvalue weighted by molar-refractivity contribution is 5.44. The molecule has 0 radical (unpaired) electrons. The molecule has 0 saturated carbocycles. The zero-order valence-electron chi connectivity index (χ0n) is 7.44. The van der Waals surface area contributed by atoms with Crippen molar-refractivity contribution in [2.45, 2.75) is 24.9 Å². The second-order valence-electron chi connectivity index (χ2n) is 3.73. The summed E-state index contributed by atoms with van der Waals surface area (Å²) in [6.45, 7) is 0. The van der Waals surface area contributed by atoms with Crippen LogP contribution in [0.15, 0.2) is 36.4 Å². The Labute approximate surface area is 78.0 Å². The second-order valence-corrected chi connectivity index (χ2v) is 3.73. The van der Waals surface area contributed by atoms with Crippen molar-refractivity contribution < 1.29 is 4.74 Å². The maximum Gasteiger partial charge on any atom is 0.123 e. The second kappa shape index (κ2) is 2.63. The van der Waals surface area contributed by atoms with E-state index < -0.39 is 0 Å². The van der Waals surface area contributed by atoms with Crippen LogP contribution in [0.4, 0.5) is 0 Å². The van der Waals surface area contributed by atoms with Crippen LogP contribution in [0.25, 0.3) is 0 Å². The number of para-hydroxylation sites is 1. The quantitative estimate of drug-likeness (QED) is 0.547. The van der Waals surface area contributed by atoms with Crippen molar-refractivity contribution in [2.75, 3.05) is 0 Å². The summed E-state index contributed by atoms with van der Waals surface area (Å²) in [5.41, 5.74) is 1.36. The number of fused-ring (bicyclic) bond motifs is 3. The average molecular weight is 172 g/mol. The van der Waals surface area contributed by atoms with Crippen molar-refractivity contribution in [3.8, 4) is 5.75 Å². The molecule has 0 amide bonds. The van der Waals surface area contributed by atoms with Crippen LogP contribution in [0.3, 0.4) is 0 Å². The third-order valence-corrected chi connectivity index (χ3v) is 2.92. The first-order valence-corrected chi connectivity index (χ1v) is 4.87. The van der Waals surface area contributed by atoms with Gasteiger partial charge in [-0.05, 0) is 18.9 Å². The fraction of sp³-hybridized carbons (Fsp3) is 0.333. The first kappa shape index (κ1) is 7.19. The van der Waals surface area contributed by atoms with Crippen LogP contribution < -0.4 is 4.74 Å². The number of hydrogen-bond donors (Lipinski definition) is 0. The molecule has 1 nitrogen and oxygen atoms in total. The molecule has 1 aromatic rings. The lowest BCUT2D eigenvalue weighted by Gasteiger charge is -2.18. The standard InChI is InChI=1S/C12H12O/c1-3-7-11-9(5-1)10-6-2-4-8-12(10)13-11/h1-3,5-7,10,12H,4,8H2/t10-,12+/m0/s1. The van der Waals surface area contributed by atoms with E-state index in [1.807, 2.05) is 6.07 Å². The Morgan fingerprint density at radius 3 is 3.15 bits per heavy atom. The lowest BCUT2D eigenvalue weighted by Crippen LogP contribution is -2.19. The van der Waals surface area contributed by atoms with E-state index in [2.05, 4.69) is 30.4 Å². The first-order chi connectivity index (χ1) is 6.45. The molecule has 2 atom stereocenters. The fourth-order valence-corrected chi connectivity index (χ4v) is 2.27. The summed E-state index contributed by atoms with van der Waals surface area (Å²) in [5.74, 6) is 1.61. The molecular weight excluding hydrogens is 160 g/mol. The van der Waals surface area contributed by atoms with Crippen molar-refractivity contribution in [3.05, 3.63) is 42.0 Å². The summed E-state index contributed by atoms with van der Waals surface area (Å²) in [7, 11) is 0. The van der Waals surface area contributed by atoms with Crippen LogP contribution in [-0.2, 0) is 0 Å². The highest BCUT2D eigenvalue weighted by Gasteiger charge is 2.32. The zero-order chi connectivity index (χ0) is 8.67. The minimum absolute atomic E-state index is 0.405. The topological polar surface area (TPSA) is 9.23 Å². The average Bonchev–Trinajstić information content (AvgIpc) is 2.56.